The number of carbonyl (C=O) groups is 3. The second kappa shape index (κ2) is 8.39. The first-order valence-corrected chi connectivity index (χ1v) is 11.1. The summed E-state index contributed by atoms with van der Waals surface area (Å²) in [6, 6.07) is 6.16. The molecular formula is C24H32N2O3. The molecule has 3 aliphatic rings. The molecule has 1 heterocycles. The molecule has 156 valence electrons. The van der Waals surface area contributed by atoms with Crippen molar-refractivity contribution in [3.8, 4) is 0 Å². The van der Waals surface area contributed by atoms with Gasteiger partial charge in [-0.15, -0.1) is 0 Å². The Balaban J connectivity index is 1.32. The van der Waals surface area contributed by atoms with Crippen molar-refractivity contribution in [1.29, 1.82) is 0 Å². The summed E-state index contributed by atoms with van der Waals surface area (Å²) in [6.45, 7) is 2.86. The maximum absolute atomic E-state index is 12.9. The Hall–Kier alpha value is -2.01. The lowest BCUT2D eigenvalue weighted by atomic mass is 9.82. The Bertz CT molecular complexity index is 810. The van der Waals surface area contributed by atoms with Crippen molar-refractivity contribution in [2.75, 3.05) is 6.54 Å². The molecule has 29 heavy (non-hydrogen) atoms. The van der Waals surface area contributed by atoms with Gasteiger partial charge in [-0.05, 0) is 68.6 Å². The van der Waals surface area contributed by atoms with Gasteiger partial charge in [0, 0.05) is 49.4 Å². The highest BCUT2D eigenvalue weighted by atomic mass is 16.2. The number of rotatable bonds is 4. The molecule has 1 aliphatic heterocycles. The quantitative estimate of drug-likeness (QED) is 0.793. The summed E-state index contributed by atoms with van der Waals surface area (Å²) in [5, 5.41) is 0. The Morgan fingerprint density at radius 1 is 1.07 bits per heavy atom. The number of Topliss-reactive ketones (excluding diaryl/α,β-unsaturated/α-hetero) is 2. The van der Waals surface area contributed by atoms with E-state index >= 15 is 0 Å². The number of amides is 1. The van der Waals surface area contributed by atoms with E-state index in [1.165, 1.54) is 0 Å². The number of carbonyl (C=O) groups excluding carboxylic acids is 3. The van der Waals surface area contributed by atoms with Gasteiger partial charge in [0.1, 0.15) is 5.78 Å². The van der Waals surface area contributed by atoms with E-state index in [0.717, 1.165) is 61.8 Å². The molecule has 0 bridgehead atoms. The van der Waals surface area contributed by atoms with E-state index in [-0.39, 0.29) is 35.5 Å². The summed E-state index contributed by atoms with van der Waals surface area (Å²) >= 11 is 0. The fourth-order valence-electron chi connectivity index (χ4n) is 5.39. The highest BCUT2D eigenvalue weighted by molar-refractivity contribution is 5.97. The molecule has 2 N–H and O–H groups in total. The van der Waals surface area contributed by atoms with Crippen LogP contribution in [0.5, 0.6) is 0 Å². The van der Waals surface area contributed by atoms with Crippen LogP contribution in [0.15, 0.2) is 18.2 Å². The van der Waals surface area contributed by atoms with Crippen molar-refractivity contribution >= 4 is 17.5 Å². The Labute approximate surface area is 173 Å². The first-order chi connectivity index (χ1) is 13.9. The molecule has 1 amide bonds. The smallest absolute Gasteiger partial charge is 0.225 e. The molecule has 1 saturated heterocycles. The lowest BCUT2D eigenvalue weighted by Crippen LogP contribution is -2.48. The number of benzene rings is 1. The molecule has 5 nitrogen and oxygen atoms in total. The number of piperidine rings is 1. The summed E-state index contributed by atoms with van der Waals surface area (Å²) in [7, 11) is 0. The normalized spacial score (nSPS) is 29.6. The van der Waals surface area contributed by atoms with Crippen molar-refractivity contribution in [2.24, 2.45) is 17.6 Å². The van der Waals surface area contributed by atoms with E-state index in [4.69, 9.17) is 5.73 Å². The van der Waals surface area contributed by atoms with Gasteiger partial charge in [0.25, 0.3) is 0 Å². The Morgan fingerprint density at radius 3 is 2.52 bits per heavy atom. The van der Waals surface area contributed by atoms with Crippen LogP contribution in [0.1, 0.15) is 73.4 Å². The minimum atomic E-state index is 0.129. The van der Waals surface area contributed by atoms with Crippen LogP contribution in [0.4, 0.5) is 0 Å². The Kier molecular flexibility index (Phi) is 5.86. The van der Waals surface area contributed by atoms with Gasteiger partial charge in [-0.2, -0.15) is 0 Å². The van der Waals surface area contributed by atoms with E-state index in [9.17, 15) is 14.4 Å². The maximum atomic E-state index is 12.9. The zero-order valence-corrected chi connectivity index (χ0v) is 17.4. The minimum Gasteiger partial charge on any atom is -0.340 e. The van der Waals surface area contributed by atoms with E-state index in [2.05, 4.69) is 6.92 Å². The summed E-state index contributed by atoms with van der Waals surface area (Å²) in [4.78, 5) is 39.4. The van der Waals surface area contributed by atoms with Crippen molar-refractivity contribution in [3.05, 3.63) is 34.9 Å². The van der Waals surface area contributed by atoms with Gasteiger partial charge < -0.3 is 10.6 Å². The molecule has 2 fully saturated rings. The molecule has 1 aromatic carbocycles. The molecule has 0 aromatic heterocycles. The molecule has 1 saturated carbocycles. The summed E-state index contributed by atoms with van der Waals surface area (Å²) < 4.78 is 0. The minimum absolute atomic E-state index is 0.129. The Morgan fingerprint density at radius 2 is 1.79 bits per heavy atom. The standard InChI is InChI=1S/C24H32N2O3/c1-15-10-16(8-9-26(15)24(29)17-4-6-21(25)7-5-17)11-23(28)19-3-2-18-13-22(27)14-20(18)12-19/h2-3,12,15-17,21H,4-11,13-14,25H2,1H3/t15-,16-,17?,21?/m0/s1. The van der Waals surface area contributed by atoms with Gasteiger partial charge in [-0.3, -0.25) is 14.4 Å². The number of ketones is 2. The molecule has 1 aromatic rings. The van der Waals surface area contributed by atoms with Crippen molar-refractivity contribution in [1.82, 2.24) is 4.90 Å². The predicted octanol–water partition coefficient (Wildman–Crippen LogP) is 3.07. The fourth-order valence-corrected chi connectivity index (χ4v) is 5.39. The molecule has 4 rings (SSSR count). The summed E-state index contributed by atoms with van der Waals surface area (Å²) in [5.74, 6) is 1.12. The van der Waals surface area contributed by atoms with Crippen LogP contribution in [-0.4, -0.2) is 41.0 Å². The predicted molar refractivity (Wildman–Crippen MR) is 112 cm³/mol. The maximum Gasteiger partial charge on any atom is 0.225 e. The van der Waals surface area contributed by atoms with E-state index in [1.807, 2.05) is 23.1 Å². The third kappa shape index (κ3) is 4.45. The zero-order valence-electron chi connectivity index (χ0n) is 17.4. The van der Waals surface area contributed by atoms with Gasteiger partial charge in [0.05, 0.1) is 0 Å². The first kappa shape index (κ1) is 20.3. The van der Waals surface area contributed by atoms with Crippen LogP contribution in [0, 0.1) is 11.8 Å². The summed E-state index contributed by atoms with van der Waals surface area (Å²) in [6.07, 6.45) is 6.96. The average molecular weight is 397 g/mol. The van der Waals surface area contributed by atoms with Crippen LogP contribution in [0.2, 0.25) is 0 Å². The average Bonchev–Trinajstić information content (AvgIpc) is 3.07. The largest absolute Gasteiger partial charge is 0.340 e. The third-order valence-electron chi connectivity index (χ3n) is 7.17. The zero-order chi connectivity index (χ0) is 20.5. The topological polar surface area (TPSA) is 80.5 Å². The van der Waals surface area contributed by atoms with Gasteiger partial charge >= 0.3 is 0 Å². The van der Waals surface area contributed by atoms with Crippen LogP contribution in [0.3, 0.4) is 0 Å². The molecular weight excluding hydrogens is 364 g/mol. The molecule has 0 radical (unpaired) electrons. The van der Waals surface area contributed by atoms with Gasteiger partial charge in [0.15, 0.2) is 5.78 Å². The van der Waals surface area contributed by atoms with Crippen molar-refractivity contribution in [2.45, 2.75) is 76.8 Å². The number of fused-ring (bicyclic) bond motifs is 1. The van der Waals surface area contributed by atoms with Crippen molar-refractivity contribution in [3.63, 3.8) is 0 Å². The van der Waals surface area contributed by atoms with Gasteiger partial charge in [-0.1, -0.05) is 12.1 Å². The highest BCUT2D eigenvalue weighted by Gasteiger charge is 2.34. The number of likely N-dealkylation sites (tertiary alicyclic amines) is 1. The molecule has 0 spiro atoms. The van der Waals surface area contributed by atoms with Crippen molar-refractivity contribution < 1.29 is 14.4 Å². The summed E-state index contributed by atoms with van der Waals surface area (Å²) in [5.41, 5.74) is 8.78. The van der Waals surface area contributed by atoms with Crippen LogP contribution in [0.25, 0.3) is 0 Å². The second-order valence-electron chi connectivity index (χ2n) is 9.39. The van der Waals surface area contributed by atoms with E-state index < -0.39 is 0 Å². The number of nitrogens with two attached hydrogens (primary N) is 1. The first-order valence-electron chi connectivity index (χ1n) is 11.1. The molecule has 5 heteroatoms. The number of hydrogen-bond acceptors (Lipinski definition) is 4. The lowest BCUT2D eigenvalue weighted by molar-refractivity contribution is -0.140. The van der Waals surface area contributed by atoms with Crippen LogP contribution < -0.4 is 5.73 Å². The van der Waals surface area contributed by atoms with Crippen LogP contribution >= 0.6 is 0 Å². The fraction of sp³-hybridized carbons (Fsp3) is 0.625. The van der Waals surface area contributed by atoms with E-state index in [0.29, 0.717) is 25.2 Å². The number of hydrogen-bond donors (Lipinski definition) is 1. The molecule has 2 atom stereocenters. The number of nitrogens with zero attached hydrogens (tertiary/aromatic N) is 1. The molecule has 0 unspecified atom stereocenters. The monoisotopic (exact) mass is 396 g/mol. The van der Waals surface area contributed by atoms with E-state index in [1.54, 1.807) is 0 Å². The lowest BCUT2D eigenvalue weighted by Gasteiger charge is -2.40. The highest BCUT2D eigenvalue weighted by Crippen LogP contribution is 2.32. The third-order valence-corrected chi connectivity index (χ3v) is 7.17. The van der Waals surface area contributed by atoms with Crippen LogP contribution in [-0.2, 0) is 22.4 Å². The van der Waals surface area contributed by atoms with Gasteiger partial charge in [0.2, 0.25) is 5.91 Å². The SMILES string of the molecule is C[C@H]1C[C@@H](CC(=O)c2ccc3c(c2)CC(=O)C3)CCN1C(=O)C1CCC(N)CC1. The van der Waals surface area contributed by atoms with Gasteiger partial charge in [-0.25, -0.2) is 0 Å². The molecule has 2 aliphatic carbocycles. The second-order valence-corrected chi connectivity index (χ2v) is 9.39.